The lowest BCUT2D eigenvalue weighted by Crippen LogP contribution is -2.29. The van der Waals surface area contributed by atoms with E-state index >= 15 is 0 Å². The summed E-state index contributed by atoms with van der Waals surface area (Å²) < 4.78 is 10.4. The maximum atomic E-state index is 12.4. The Morgan fingerprint density at radius 2 is 2.15 bits per heavy atom. The number of amides is 1. The van der Waals surface area contributed by atoms with Crippen LogP contribution in [0.3, 0.4) is 0 Å². The highest BCUT2D eigenvalue weighted by molar-refractivity contribution is 7.16. The lowest BCUT2D eigenvalue weighted by molar-refractivity contribution is -0.117. The van der Waals surface area contributed by atoms with E-state index in [1.807, 2.05) is 18.2 Å². The van der Waals surface area contributed by atoms with Gasteiger partial charge in [-0.1, -0.05) is 30.3 Å². The minimum atomic E-state index is -0.383. The molecule has 7 heteroatoms. The van der Waals surface area contributed by atoms with E-state index in [0.29, 0.717) is 23.8 Å². The molecule has 0 radical (unpaired) electrons. The van der Waals surface area contributed by atoms with Gasteiger partial charge in [-0.3, -0.25) is 9.69 Å². The first kappa shape index (κ1) is 17.6. The van der Waals surface area contributed by atoms with E-state index in [0.717, 1.165) is 36.5 Å². The molecule has 0 saturated carbocycles. The molecule has 0 atom stereocenters. The largest absolute Gasteiger partial charge is 0.494 e. The molecule has 4 rings (SSSR count). The van der Waals surface area contributed by atoms with Crippen molar-refractivity contribution < 1.29 is 14.3 Å². The molecule has 0 saturated heterocycles. The van der Waals surface area contributed by atoms with Crippen LogP contribution in [-0.2, 0) is 33.8 Å². The molecule has 0 unspecified atom stereocenters. The van der Waals surface area contributed by atoms with Gasteiger partial charge < -0.3 is 14.8 Å². The molecule has 1 N–H and O–H groups in total. The van der Waals surface area contributed by atoms with Gasteiger partial charge in [0.15, 0.2) is 0 Å². The first-order chi connectivity index (χ1) is 13.2. The van der Waals surface area contributed by atoms with Crippen molar-refractivity contribution in [3.63, 3.8) is 0 Å². The Morgan fingerprint density at radius 3 is 2.89 bits per heavy atom. The van der Waals surface area contributed by atoms with Crippen LogP contribution >= 0.6 is 11.3 Å². The molecular weight excluding hydrogens is 362 g/mol. The smallest absolute Gasteiger partial charge is 0.294 e. The number of fused-ring (bicyclic) bond motifs is 1. The highest BCUT2D eigenvalue weighted by Gasteiger charge is 2.26. The molecule has 27 heavy (non-hydrogen) atoms. The number of carbonyl (C=O) groups is 1. The molecule has 0 aliphatic carbocycles. The molecule has 6 nitrogen and oxygen atoms in total. The van der Waals surface area contributed by atoms with Gasteiger partial charge in [0.05, 0.1) is 5.56 Å². The lowest BCUT2D eigenvalue weighted by Gasteiger charge is -2.26. The van der Waals surface area contributed by atoms with Crippen molar-refractivity contribution in [1.82, 2.24) is 4.90 Å². The van der Waals surface area contributed by atoms with Gasteiger partial charge >= 0.3 is 0 Å². The fourth-order valence-corrected chi connectivity index (χ4v) is 4.53. The third-order valence-corrected chi connectivity index (χ3v) is 5.73. The molecule has 2 aliphatic heterocycles. The Hall–Kier alpha value is -2.82. The molecule has 1 aromatic heterocycles. The summed E-state index contributed by atoms with van der Waals surface area (Å²) >= 11 is 1.47. The van der Waals surface area contributed by atoms with Crippen LogP contribution in [0.15, 0.2) is 42.4 Å². The van der Waals surface area contributed by atoms with Crippen molar-refractivity contribution in [3.05, 3.63) is 63.9 Å². The number of carbonyl (C=O) groups excluding carboxylic acids is 1. The number of thiophene rings is 1. The third kappa shape index (κ3) is 3.82. The zero-order chi connectivity index (χ0) is 18.6. The van der Waals surface area contributed by atoms with Crippen molar-refractivity contribution >= 4 is 22.2 Å². The maximum absolute atomic E-state index is 12.4. The third-order valence-electron chi connectivity index (χ3n) is 4.60. The van der Waals surface area contributed by atoms with E-state index in [1.165, 1.54) is 23.2 Å². The number of nitriles is 1. The van der Waals surface area contributed by atoms with Crippen LogP contribution in [0, 0.1) is 11.3 Å². The SMILES string of the molecule is N#Cc1c(NC(=O)C2=COCCO2)sc2c1CCN(Cc1ccccc1)C2. The van der Waals surface area contributed by atoms with Crippen LogP contribution in [-0.4, -0.2) is 30.6 Å². The van der Waals surface area contributed by atoms with Crippen molar-refractivity contribution in [2.75, 3.05) is 25.1 Å². The van der Waals surface area contributed by atoms with Crippen molar-refractivity contribution in [3.8, 4) is 6.07 Å². The summed E-state index contributed by atoms with van der Waals surface area (Å²) in [5, 5.41) is 13.0. The second-order valence-electron chi connectivity index (χ2n) is 6.42. The van der Waals surface area contributed by atoms with E-state index < -0.39 is 0 Å². The maximum Gasteiger partial charge on any atom is 0.294 e. The fraction of sp³-hybridized carbons (Fsp3) is 0.300. The number of hydrogen-bond acceptors (Lipinski definition) is 6. The minimum absolute atomic E-state index is 0.141. The molecule has 1 amide bonds. The van der Waals surface area contributed by atoms with Gasteiger partial charge in [-0.05, 0) is 17.5 Å². The van der Waals surface area contributed by atoms with E-state index in [9.17, 15) is 10.1 Å². The molecule has 3 heterocycles. The van der Waals surface area contributed by atoms with Gasteiger partial charge in [-0.2, -0.15) is 5.26 Å². The highest BCUT2D eigenvalue weighted by atomic mass is 32.1. The number of anilines is 1. The van der Waals surface area contributed by atoms with E-state index in [4.69, 9.17) is 9.47 Å². The zero-order valence-corrected chi connectivity index (χ0v) is 15.6. The van der Waals surface area contributed by atoms with E-state index in [2.05, 4.69) is 28.4 Å². The molecular formula is C20H19N3O3S. The molecule has 2 aliphatic rings. The minimum Gasteiger partial charge on any atom is -0.494 e. The summed E-state index contributed by atoms with van der Waals surface area (Å²) in [6, 6.07) is 12.6. The quantitative estimate of drug-likeness (QED) is 0.881. The van der Waals surface area contributed by atoms with Gasteiger partial charge in [-0.15, -0.1) is 11.3 Å². The van der Waals surface area contributed by atoms with Gasteiger partial charge in [0.25, 0.3) is 5.91 Å². The van der Waals surface area contributed by atoms with Crippen molar-refractivity contribution in [2.45, 2.75) is 19.5 Å². The molecule has 0 spiro atoms. The van der Waals surface area contributed by atoms with Crippen LogP contribution < -0.4 is 5.32 Å². The summed E-state index contributed by atoms with van der Waals surface area (Å²) in [6.07, 6.45) is 2.12. The zero-order valence-electron chi connectivity index (χ0n) is 14.7. The summed E-state index contributed by atoms with van der Waals surface area (Å²) in [4.78, 5) is 15.9. The number of hydrogen-bond donors (Lipinski definition) is 1. The predicted octanol–water partition coefficient (Wildman–Crippen LogP) is 3.00. The van der Waals surface area contributed by atoms with E-state index in [-0.39, 0.29) is 11.7 Å². The standard InChI is InChI=1S/C20H19N3O3S/c21-10-16-15-6-7-23(11-14-4-2-1-3-5-14)12-18(15)27-20(16)22-19(24)17-13-25-8-9-26-17/h1-5,13H,6-9,11-12H2,(H,22,24). The van der Waals surface area contributed by atoms with Crippen LogP contribution in [0.1, 0.15) is 21.6 Å². The average Bonchev–Trinajstić information content (AvgIpc) is 3.05. The van der Waals surface area contributed by atoms with Crippen LogP contribution in [0.25, 0.3) is 0 Å². The Morgan fingerprint density at radius 1 is 1.30 bits per heavy atom. The Labute approximate surface area is 161 Å². The number of ether oxygens (including phenoxy) is 2. The summed E-state index contributed by atoms with van der Waals surface area (Å²) in [7, 11) is 0. The van der Waals surface area contributed by atoms with Gasteiger partial charge in [0.1, 0.15) is 30.5 Å². The molecule has 1 aromatic carbocycles. The average molecular weight is 381 g/mol. The topological polar surface area (TPSA) is 74.6 Å². The second kappa shape index (κ2) is 7.82. The number of benzene rings is 1. The van der Waals surface area contributed by atoms with Gasteiger partial charge in [0, 0.05) is 24.5 Å². The summed E-state index contributed by atoms with van der Waals surface area (Å²) in [5.74, 6) is -0.242. The second-order valence-corrected chi connectivity index (χ2v) is 7.53. The first-order valence-electron chi connectivity index (χ1n) is 8.81. The lowest BCUT2D eigenvalue weighted by atomic mass is 10.0. The van der Waals surface area contributed by atoms with Crippen LogP contribution in [0.2, 0.25) is 0 Å². The Balaban J connectivity index is 1.50. The molecule has 138 valence electrons. The van der Waals surface area contributed by atoms with Crippen molar-refractivity contribution in [2.24, 2.45) is 0 Å². The highest BCUT2D eigenvalue weighted by Crippen LogP contribution is 2.37. The Kier molecular flexibility index (Phi) is 5.10. The normalized spacial score (nSPS) is 16.3. The van der Waals surface area contributed by atoms with Gasteiger partial charge in [0.2, 0.25) is 5.76 Å². The van der Waals surface area contributed by atoms with Crippen molar-refractivity contribution in [1.29, 1.82) is 5.26 Å². The first-order valence-corrected chi connectivity index (χ1v) is 9.63. The van der Waals surface area contributed by atoms with E-state index in [1.54, 1.807) is 0 Å². The monoisotopic (exact) mass is 381 g/mol. The summed E-state index contributed by atoms with van der Waals surface area (Å²) in [6.45, 7) is 3.33. The van der Waals surface area contributed by atoms with Gasteiger partial charge in [-0.25, -0.2) is 0 Å². The summed E-state index contributed by atoms with van der Waals surface area (Å²) in [5.41, 5.74) is 2.89. The predicted molar refractivity (Wildman–Crippen MR) is 102 cm³/mol. The fourth-order valence-electron chi connectivity index (χ4n) is 3.29. The number of nitrogens with zero attached hydrogens (tertiary/aromatic N) is 2. The molecule has 0 fully saturated rings. The Bertz CT molecular complexity index is 915. The van der Waals surface area contributed by atoms with Crippen LogP contribution in [0.4, 0.5) is 5.00 Å². The van der Waals surface area contributed by atoms with Crippen LogP contribution in [0.5, 0.6) is 0 Å². The molecule has 2 aromatic rings. The number of nitrogens with one attached hydrogen (secondary N) is 1. The molecule has 0 bridgehead atoms. The number of rotatable bonds is 4.